The summed E-state index contributed by atoms with van der Waals surface area (Å²) in [5.41, 5.74) is 0.496. The van der Waals surface area contributed by atoms with E-state index in [1.54, 1.807) is 6.08 Å². The average Bonchev–Trinajstić information content (AvgIpc) is 2.15. The zero-order valence-corrected chi connectivity index (χ0v) is 9.29. The lowest BCUT2D eigenvalue weighted by Crippen LogP contribution is -2.55. The minimum absolute atomic E-state index is 0.496. The van der Waals surface area contributed by atoms with Crippen LogP contribution < -0.4 is 0 Å². The molecule has 2 nitrogen and oxygen atoms in total. The standard InChI is InChI=1S/C12H19NO/c1-8-4-9-5-11(12(9,2)3)10(8)6-13-7-14/h8-11H,4-6H2,1-3H3. The lowest BCUT2D eigenvalue weighted by Gasteiger charge is -2.62. The molecule has 3 aliphatic carbocycles. The highest BCUT2D eigenvalue weighted by Gasteiger charge is 2.56. The van der Waals surface area contributed by atoms with Gasteiger partial charge in [0.15, 0.2) is 0 Å². The molecule has 0 heterocycles. The quantitative estimate of drug-likeness (QED) is 0.489. The van der Waals surface area contributed by atoms with Crippen LogP contribution in [0.25, 0.3) is 0 Å². The number of isocyanates is 1. The number of hydrogen-bond donors (Lipinski definition) is 0. The van der Waals surface area contributed by atoms with Gasteiger partial charge in [0.25, 0.3) is 0 Å². The molecular formula is C12H19NO. The zero-order chi connectivity index (χ0) is 10.3. The van der Waals surface area contributed by atoms with Crippen LogP contribution in [0.15, 0.2) is 4.99 Å². The molecule has 2 heteroatoms. The van der Waals surface area contributed by atoms with Gasteiger partial charge in [-0.3, -0.25) is 0 Å². The smallest absolute Gasteiger partial charge is 0.211 e. The number of fused-ring (bicyclic) bond motifs is 2. The van der Waals surface area contributed by atoms with Crippen molar-refractivity contribution >= 4 is 6.08 Å². The molecule has 0 amide bonds. The number of carbonyl (C=O) groups excluding carboxylic acids is 1. The average molecular weight is 193 g/mol. The highest BCUT2D eigenvalue weighted by molar-refractivity contribution is 5.33. The van der Waals surface area contributed by atoms with Crippen molar-refractivity contribution < 1.29 is 4.79 Å². The number of rotatable bonds is 2. The van der Waals surface area contributed by atoms with Gasteiger partial charge in [-0.1, -0.05) is 20.8 Å². The van der Waals surface area contributed by atoms with Crippen molar-refractivity contribution in [2.75, 3.05) is 6.54 Å². The molecule has 0 aliphatic heterocycles. The van der Waals surface area contributed by atoms with E-state index < -0.39 is 0 Å². The van der Waals surface area contributed by atoms with E-state index >= 15 is 0 Å². The first-order chi connectivity index (χ1) is 6.57. The molecule has 14 heavy (non-hydrogen) atoms. The van der Waals surface area contributed by atoms with Gasteiger partial charge in [0.1, 0.15) is 0 Å². The van der Waals surface area contributed by atoms with Gasteiger partial charge in [-0.05, 0) is 41.9 Å². The predicted molar refractivity (Wildman–Crippen MR) is 55.6 cm³/mol. The number of aliphatic imine (C=N–C) groups is 1. The third-order valence-electron chi connectivity index (χ3n) is 4.82. The van der Waals surface area contributed by atoms with Crippen LogP contribution in [0.1, 0.15) is 33.6 Å². The molecule has 78 valence electrons. The third-order valence-corrected chi connectivity index (χ3v) is 4.82. The summed E-state index contributed by atoms with van der Waals surface area (Å²) in [6, 6.07) is 0. The van der Waals surface area contributed by atoms with E-state index in [9.17, 15) is 4.79 Å². The van der Waals surface area contributed by atoms with Crippen molar-refractivity contribution in [1.82, 2.24) is 0 Å². The van der Waals surface area contributed by atoms with Crippen LogP contribution in [-0.4, -0.2) is 12.6 Å². The van der Waals surface area contributed by atoms with Gasteiger partial charge >= 0.3 is 0 Å². The normalized spacial score (nSPS) is 43.6. The second-order valence-corrected chi connectivity index (χ2v) is 5.67. The highest BCUT2D eigenvalue weighted by Crippen LogP contribution is 2.62. The van der Waals surface area contributed by atoms with Crippen molar-refractivity contribution in [3.63, 3.8) is 0 Å². The van der Waals surface area contributed by atoms with Crippen molar-refractivity contribution in [3.8, 4) is 0 Å². The SMILES string of the molecule is CC1CC2CC(C1CN=C=O)C2(C)C. The number of nitrogens with zero attached hydrogens (tertiary/aromatic N) is 1. The summed E-state index contributed by atoms with van der Waals surface area (Å²) < 4.78 is 0. The Labute approximate surface area is 85.8 Å². The van der Waals surface area contributed by atoms with Gasteiger partial charge in [-0.2, -0.15) is 0 Å². The molecule has 0 spiro atoms. The molecule has 3 rings (SSSR count). The maximum Gasteiger partial charge on any atom is 0.234 e. The van der Waals surface area contributed by atoms with Crippen LogP contribution in [0.2, 0.25) is 0 Å². The summed E-state index contributed by atoms with van der Waals surface area (Å²) in [7, 11) is 0. The Morgan fingerprint density at radius 3 is 2.71 bits per heavy atom. The summed E-state index contributed by atoms with van der Waals surface area (Å²) in [5.74, 6) is 3.06. The summed E-state index contributed by atoms with van der Waals surface area (Å²) in [6.45, 7) is 7.75. The molecular weight excluding hydrogens is 174 g/mol. The maximum absolute atomic E-state index is 10.1. The molecule has 0 aromatic heterocycles. The molecule has 3 aliphatic rings. The van der Waals surface area contributed by atoms with Crippen LogP contribution in [0, 0.1) is 29.1 Å². The fourth-order valence-corrected chi connectivity index (χ4v) is 3.65. The molecule has 4 unspecified atom stereocenters. The Morgan fingerprint density at radius 1 is 1.43 bits per heavy atom. The maximum atomic E-state index is 10.1. The molecule has 0 saturated heterocycles. The van der Waals surface area contributed by atoms with E-state index in [4.69, 9.17) is 0 Å². The lowest BCUT2D eigenvalue weighted by molar-refractivity contribution is -0.126. The fourth-order valence-electron chi connectivity index (χ4n) is 3.65. The van der Waals surface area contributed by atoms with Gasteiger partial charge in [0, 0.05) is 0 Å². The van der Waals surface area contributed by atoms with Crippen LogP contribution in [0.4, 0.5) is 0 Å². The molecule has 0 radical (unpaired) electrons. The Bertz CT molecular complexity index is 278. The summed E-state index contributed by atoms with van der Waals surface area (Å²) in [5, 5.41) is 0. The molecule has 0 aromatic carbocycles. The Kier molecular flexibility index (Phi) is 2.27. The van der Waals surface area contributed by atoms with E-state index in [2.05, 4.69) is 25.8 Å². The van der Waals surface area contributed by atoms with E-state index in [-0.39, 0.29) is 0 Å². The van der Waals surface area contributed by atoms with Gasteiger partial charge in [-0.25, -0.2) is 9.79 Å². The molecule has 4 atom stereocenters. The molecule has 0 N–H and O–H groups in total. The van der Waals surface area contributed by atoms with Gasteiger partial charge in [0.05, 0.1) is 6.54 Å². The minimum Gasteiger partial charge on any atom is -0.211 e. The van der Waals surface area contributed by atoms with Crippen LogP contribution in [0.5, 0.6) is 0 Å². The fraction of sp³-hybridized carbons (Fsp3) is 0.917. The van der Waals surface area contributed by atoms with Crippen LogP contribution >= 0.6 is 0 Å². The van der Waals surface area contributed by atoms with E-state index in [0.717, 1.165) is 17.8 Å². The topological polar surface area (TPSA) is 29.4 Å². The monoisotopic (exact) mass is 193 g/mol. The lowest BCUT2D eigenvalue weighted by atomic mass is 9.43. The van der Waals surface area contributed by atoms with Gasteiger partial charge in [-0.15, -0.1) is 0 Å². The summed E-state index contributed by atoms with van der Waals surface area (Å²) >= 11 is 0. The molecule has 2 bridgehead atoms. The van der Waals surface area contributed by atoms with Gasteiger partial charge in [0.2, 0.25) is 6.08 Å². The first-order valence-electron chi connectivity index (χ1n) is 5.61. The Balaban J connectivity index is 2.10. The summed E-state index contributed by atoms with van der Waals surface area (Å²) in [4.78, 5) is 13.9. The predicted octanol–water partition coefficient (Wildman–Crippen LogP) is 2.64. The van der Waals surface area contributed by atoms with Crippen LogP contribution in [-0.2, 0) is 4.79 Å². The first-order valence-corrected chi connectivity index (χ1v) is 5.61. The molecule has 3 fully saturated rings. The van der Waals surface area contributed by atoms with E-state index in [1.807, 2.05) is 0 Å². The van der Waals surface area contributed by atoms with E-state index in [0.29, 0.717) is 17.9 Å². The van der Waals surface area contributed by atoms with Crippen molar-refractivity contribution in [3.05, 3.63) is 0 Å². The first kappa shape index (κ1) is 9.92. The zero-order valence-electron chi connectivity index (χ0n) is 9.29. The second-order valence-electron chi connectivity index (χ2n) is 5.67. The Morgan fingerprint density at radius 2 is 2.14 bits per heavy atom. The minimum atomic E-state index is 0.496. The Hall–Kier alpha value is -0.620. The van der Waals surface area contributed by atoms with E-state index in [1.165, 1.54) is 12.8 Å². The second kappa shape index (κ2) is 3.20. The van der Waals surface area contributed by atoms with Crippen molar-refractivity contribution in [2.24, 2.45) is 34.1 Å². The van der Waals surface area contributed by atoms with Crippen molar-refractivity contribution in [1.29, 1.82) is 0 Å². The van der Waals surface area contributed by atoms with Gasteiger partial charge < -0.3 is 0 Å². The third kappa shape index (κ3) is 1.25. The van der Waals surface area contributed by atoms with Crippen LogP contribution in [0.3, 0.4) is 0 Å². The molecule has 3 saturated carbocycles. The number of hydrogen-bond acceptors (Lipinski definition) is 2. The summed E-state index contributed by atoms with van der Waals surface area (Å²) in [6.07, 6.45) is 4.36. The van der Waals surface area contributed by atoms with Crippen molar-refractivity contribution in [2.45, 2.75) is 33.6 Å². The molecule has 0 aromatic rings. The largest absolute Gasteiger partial charge is 0.234 e. The highest BCUT2D eigenvalue weighted by atomic mass is 16.1.